The largest absolute Gasteiger partial charge is 0.398 e. The van der Waals surface area contributed by atoms with Crippen LogP contribution < -0.4 is 5.73 Å². The van der Waals surface area contributed by atoms with Gasteiger partial charge in [-0.15, -0.1) is 5.10 Å². The highest BCUT2D eigenvalue weighted by Crippen LogP contribution is 2.32. The van der Waals surface area contributed by atoms with Crippen LogP contribution in [0.4, 0.5) is 10.1 Å². The van der Waals surface area contributed by atoms with E-state index < -0.39 is 0 Å². The van der Waals surface area contributed by atoms with Gasteiger partial charge >= 0.3 is 0 Å². The third kappa shape index (κ3) is 2.46. The molecule has 0 atom stereocenters. The minimum absolute atomic E-state index is 0.287. The first kappa shape index (κ1) is 11.6. The fourth-order valence-electron chi connectivity index (χ4n) is 1.10. The molecule has 1 aromatic carbocycles. The van der Waals surface area contributed by atoms with E-state index in [2.05, 4.69) is 15.2 Å². The first-order valence-electron chi connectivity index (χ1n) is 4.37. The molecule has 0 saturated carbocycles. The van der Waals surface area contributed by atoms with Crippen LogP contribution in [0.15, 0.2) is 22.2 Å². The number of benzene rings is 1. The number of anilines is 1. The van der Waals surface area contributed by atoms with Crippen molar-refractivity contribution in [1.82, 2.24) is 15.2 Å². The quantitative estimate of drug-likeness (QED) is 0.645. The number of halogens is 2. The van der Waals surface area contributed by atoms with Gasteiger partial charge in [0.1, 0.15) is 11.6 Å². The van der Waals surface area contributed by atoms with Crippen LogP contribution in [0.3, 0.4) is 0 Å². The summed E-state index contributed by atoms with van der Waals surface area (Å²) in [5.41, 5.74) is 6.31. The normalized spacial score (nSPS) is 10.7. The first-order chi connectivity index (χ1) is 7.56. The highest BCUT2D eigenvalue weighted by Gasteiger charge is 2.09. The number of hydrogen-bond acceptors (Lipinski definition) is 4. The molecular weight excluding hydrogens is 342 g/mol. The van der Waals surface area contributed by atoms with E-state index >= 15 is 0 Å². The number of rotatable bonds is 2. The van der Waals surface area contributed by atoms with Gasteiger partial charge in [0, 0.05) is 10.6 Å². The Balaban J connectivity index is 2.31. The van der Waals surface area contributed by atoms with E-state index in [1.807, 2.05) is 22.6 Å². The number of H-pyrrole nitrogens is 1. The molecule has 0 saturated heterocycles. The molecule has 0 unspecified atom stereocenters. The van der Waals surface area contributed by atoms with Crippen molar-refractivity contribution in [3.63, 3.8) is 0 Å². The highest BCUT2D eigenvalue weighted by atomic mass is 127. The predicted molar refractivity (Wildman–Crippen MR) is 68.8 cm³/mol. The van der Waals surface area contributed by atoms with Crippen molar-refractivity contribution in [2.75, 3.05) is 5.73 Å². The molecule has 3 N–H and O–H groups in total. The lowest BCUT2D eigenvalue weighted by Gasteiger charge is -2.04. The van der Waals surface area contributed by atoms with E-state index in [4.69, 9.17) is 5.73 Å². The van der Waals surface area contributed by atoms with Crippen molar-refractivity contribution in [3.05, 3.63) is 27.3 Å². The first-order valence-corrected chi connectivity index (χ1v) is 6.27. The van der Waals surface area contributed by atoms with Crippen molar-refractivity contribution in [3.8, 4) is 0 Å². The summed E-state index contributed by atoms with van der Waals surface area (Å²) in [5, 5.41) is 7.20. The Bertz CT molecular complexity index is 528. The van der Waals surface area contributed by atoms with Crippen LogP contribution in [0.1, 0.15) is 5.82 Å². The number of aromatic amines is 1. The molecule has 0 radical (unpaired) electrons. The molecule has 1 aromatic heterocycles. The Morgan fingerprint density at radius 1 is 1.50 bits per heavy atom. The minimum atomic E-state index is -0.287. The van der Waals surface area contributed by atoms with Crippen LogP contribution >= 0.6 is 34.4 Å². The maximum Gasteiger partial charge on any atom is 0.213 e. The summed E-state index contributed by atoms with van der Waals surface area (Å²) in [5.74, 6) is 0.427. The van der Waals surface area contributed by atoms with Crippen LogP contribution in [0.5, 0.6) is 0 Å². The average molecular weight is 350 g/mol. The van der Waals surface area contributed by atoms with Gasteiger partial charge in [-0.25, -0.2) is 9.37 Å². The Morgan fingerprint density at radius 2 is 2.25 bits per heavy atom. The van der Waals surface area contributed by atoms with Crippen molar-refractivity contribution in [1.29, 1.82) is 0 Å². The summed E-state index contributed by atoms with van der Waals surface area (Å²) in [6, 6.07) is 2.99. The van der Waals surface area contributed by atoms with Crippen LogP contribution in [0.25, 0.3) is 0 Å². The lowest BCUT2D eigenvalue weighted by molar-refractivity contribution is 0.617. The van der Waals surface area contributed by atoms with Gasteiger partial charge in [0.2, 0.25) is 5.16 Å². The second kappa shape index (κ2) is 4.58. The number of aromatic nitrogens is 3. The van der Waals surface area contributed by atoms with Crippen molar-refractivity contribution in [2.45, 2.75) is 17.0 Å². The molecule has 0 aliphatic rings. The molecule has 0 spiro atoms. The van der Waals surface area contributed by atoms with Gasteiger partial charge in [-0.1, -0.05) is 0 Å². The molecule has 16 heavy (non-hydrogen) atoms. The van der Waals surface area contributed by atoms with Gasteiger partial charge < -0.3 is 5.73 Å². The molecule has 2 aromatic rings. The zero-order valence-electron chi connectivity index (χ0n) is 8.29. The van der Waals surface area contributed by atoms with E-state index in [0.29, 0.717) is 25.1 Å². The monoisotopic (exact) mass is 350 g/mol. The Labute approximate surface area is 109 Å². The Kier molecular flexibility index (Phi) is 3.33. The predicted octanol–water partition coefficient (Wildman–Crippen LogP) is 2.59. The highest BCUT2D eigenvalue weighted by molar-refractivity contribution is 14.1. The summed E-state index contributed by atoms with van der Waals surface area (Å²) < 4.78 is 13.8. The van der Waals surface area contributed by atoms with Gasteiger partial charge in [-0.05, 0) is 53.4 Å². The number of hydrogen-bond donors (Lipinski definition) is 2. The summed E-state index contributed by atoms with van der Waals surface area (Å²) >= 11 is 3.14. The molecule has 0 amide bonds. The fourth-order valence-corrected chi connectivity index (χ4v) is 2.40. The van der Waals surface area contributed by atoms with Gasteiger partial charge in [-0.2, -0.15) is 0 Å². The molecule has 1 heterocycles. The molecule has 7 heteroatoms. The molecule has 0 fully saturated rings. The van der Waals surface area contributed by atoms with E-state index in [9.17, 15) is 4.39 Å². The molecular formula is C9H8FIN4S. The molecule has 84 valence electrons. The van der Waals surface area contributed by atoms with Crippen molar-refractivity contribution in [2.24, 2.45) is 0 Å². The smallest absolute Gasteiger partial charge is 0.213 e. The van der Waals surface area contributed by atoms with E-state index in [-0.39, 0.29) is 5.82 Å². The van der Waals surface area contributed by atoms with Gasteiger partial charge in [0.25, 0.3) is 0 Å². The number of nitrogens with one attached hydrogen (secondary N) is 1. The second-order valence-corrected chi connectivity index (χ2v) is 5.28. The lowest BCUT2D eigenvalue weighted by atomic mass is 10.3. The number of nitrogen functional groups attached to an aromatic ring is 1. The third-order valence-electron chi connectivity index (χ3n) is 1.83. The molecule has 0 aliphatic heterocycles. The topological polar surface area (TPSA) is 67.6 Å². The zero-order valence-corrected chi connectivity index (χ0v) is 11.3. The van der Waals surface area contributed by atoms with Gasteiger partial charge in [0.15, 0.2) is 0 Å². The summed E-state index contributed by atoms with van der Waals surface area (Å²) in [6.45, 7) is 1.80. The molecule has 0 aliphatic carbocycles. The van der Waals surface area contributed by atoms with Gasteiger partial charge in [-0.3, -0.25) is 5.10 Å². The van der Waals surface area contributed by atoms with Crippen LogP contribution in [0.2, 0.25) is 0 Å². The lowest BCUT2D eigenvalue weighted by Crippen LogP contribution is -1.93. The Hall–Kier alpha value is -0.830. The summed E-state index contributed by atoms with van der Waals surface area (Å²) in [7, 11) is 0. The average Bonchev–Trinajstić information content (AvgIpc) is 2.60. The molecule has 2 rings (SSSR count). The summed E-state index contributed by atoms with van der Waals surface area (Å²) in [6.07, 6.45) is 0. The zero-order chi connectivity index (χ0) is 11.7. The van der Waals surface area contributed by atoms with E-state index in [0.717, 1.165) is 0 Å². The van der Waals surface area contributed by atoms with Crippen LogP contribution in [0, 0.1) is 16.3 Å². The van der Waals surface area contributed by atoms with Gasteiger partial charge in [0.05, 0.1) is 3.57 Å². The Morgan fingerprint density at radius 3 is 2.88 bits per heavy atom. The van der Waals surface area contributed by atoms with Crippen molar-refractivity contribution >= 4 is 40.0 Å². The molecule has 0 bridgehead atoms. The summed E-state index contributed by atoms with van der Waals surface area (Å²) in [4.78, 5) is 4.74. The van der Waals surface area contributed by atoms with E-state index in [1.165, 1.54) is 17.8 Å². The standard InChI is InChI=1S/C9H8FIN4S/c1-4-13-9(15-14-4)16-8-2-5(10)6(11)3-7(8)12/h2-3H,12H2,1H3,(H,13,14,15). The van der Waals surface area contributed by atoms with Crippen LogP contribution in [-0.2, 0) is 0 Å². The SMILES string of the molecule is Cc1nc(Sc2cc(F)c(I)cc2N)n[nH]1. The maximum atomic E-state index is 13.3. The molecule has 4 nitrogen and oxygen atoms in total. The number of aryl methyl sites for hydroxylation is 1. The third-order valence-corrected chi connectivity index (χ3v) is 3.60. The number of nitrogens with zero attached hydrogens (tertiary/aromatic N) is 2. The number of nitrogens with two attached hydrogens (primary N) is 1. The van der Waals surface area contributed by atoms with Crippen LogP contribution in [-0.4, -0.2) is 15.2 Å². The maximum absolute atomic E-state index is 13.3. The second-order valence-electron chi connectivity index (χ2n) is 3.11. The fraction of sp³-hybridized carbons (Fsp3) is 0.111. The van der Waals surface area contributed by atoms with Crippen molar-refractivity contribution < 1.29 is 4.39 Å². The van der Waals surface area contributed by atoms with E-state index in [1.54, 1.807) is 13.0 Å². The minimum Gasteiger partial charge on any atom is -0.398 e.